The highest BCUT2D eigenvalue weighted by molar-refractivity contribution is 7.80. The van der Waals surface area contributed by atoms with Gasteiger partial charge in [0.1, 0.15) is 0 Å². The van der Waals surface area contributed by atoms with E-state index in [0.29, 0.717) is 27.4 Å². The summed E-state index contributed by atoms with van der Waals surface area (Å²) in [5, 5.41) is 11.8. The van der Waals surface area contributed by atoms with Crippen molar-refractivity contribution in [3.63, 3.8) is 0 Å². The number of halogens is 2. The molecule has 3 rings (SSSR count). The molecule has 0 unspecified atom stereocenters. The predicted molar refractivity (Wildman–Crippen MR) is 104 cm³/mol. The van der Waals surface area contributed by atoms with Crippen LogP contribution in [0.25, 0.3) is 0 Å². The molecular weight excluding hydrogens is 363 g/mol. The number of nitrogens with one attached hydrogen (secondary N) is 2. The average molecular weight is 377 g/mol. The Morgan fingerprint density at radius 1 is 1.08 bits per heavy atom. The van der Waals surface area contributed by atoms with Crippen LogP contribution >= 0.6 is 35.4 Å². The van der Waals surface area contributed by atoms with Crippen molar-refractivity contribution in [1.82, 2.24) is 9.78 Å². The summed E-state index contributed by atoms with van der Waals surface area (Å²) in [5.41, 5.74) is 2.66. The van der Waals surface area contributed by atoms with Crippen LogP contribution in [0.1, 0.15) is 5.56 Å². The molecule has 2 aromatic carbocycles. The van der Waals surface area contributed by atoms with Crippen LogP contribution in [0.3, 0.4) is 0 Å². The van der Waals surface area contributed by atoms with E-state index in [0.717, 1.165) is 11.3 Å². The van der Waals surface area contributed by atoms with E-state index in [4.69, 9.17) is 35.4 Å². The molecule has 7 heteroatoms. The van der Waals surface area contributed by atoms with E-state index in [-0.39, 0.29) is 0 Å². The number of hydrogen-bond acceptors (Lipinski definition) is 2. The lowest BCUT2D eigenvalue weighted by Crippen LogP contribution is -2.19. The predicted octanol–water partition coefficient (Wildman–Crippen LogP) is 5.05. The van der Waals surface area contributed by atoms with Crippen molar-refractivity contribution in [2.45, 2.75) is 6.54 Å². The largest absolute Gasteiger partial charge is 0.332 e. The average Bonchev–Trinajstić information content (AvgIpc) is 3.05. The quantitative estimate of drug-likeness (QED) is 0.625. The van der Waals surface area contributed by atoms with Gasteiger partial charge in [-0.05, 0) is 48.1 Å². The summed E-state index contributed by atoms with van der Waals surface area (Å²) in [6.07, 6.45) is 3.68. The van der Waals surface area contributed by atoms with Crippen molar-refractivity contribution < 1.29 is 0 Å². The van der Waals surface area contributed by atoms with Crippen molar-refractivity contribution in [2.24, 2.45) is 0 Å². The van der Waals surface area contributed by atoms with E-state index in [9.17, 15) is 0 Å². The van der Waals surface area contributed by atoms with Gasteiger partial charge in [-0.3, -0.25) is 4.68 Å². The molecule has 4 nitrogen and oxygen atoms in total. The topological polar surface area (TPSA) is 41.9 Å². The first-order valence-corrected chi connectivity index (χ1v) is 8.36. The highest BCUT2D eigenvalue weighted by Gasteiger charge is 2.06. The molecule has 0 spiro atoms. The van der Waals surface area contributed by atoms with E-state index in [1.54, 1.807) is 12.3 Å². The second kappa shape index (κ2) is 7.66. The molecule has 1 aromatic heterocycles. The van der Waals surface area contributed by atoms with Crippen molar-refractivity contribution >= 4 is 51.9 Å². The van der Waals surface area contributed by atoms with E-state index >= 15 is 0 Å². The fourth-order valence-electron chi connectivity index (χ4n) is 2.21. The fraction of sp³-hybridized carbons (Fsp3) is 0.0588. The molecule has 3 aromatic rings. The first kappa shape index (κ1) is 16.8. The maximum atomic E-state index is 6.15. The van der Waals surface area contributed by atoms with E-state index in [1.807, 2.05) is 53.3 Å². The molecule has 0 aliphatic heterocycles. The van der Waals surface area contributed by atoms with Crippen molar-refractivity contribution in [3.8, 4) is 0 Å². The normalized spacial score (nSPS) is 10.4. The molecule has 0 amide bonds. The summed E-state index contributed by atoms with van der Waals surface area (Å²) in [4.78, 5) is 0. The minimum Gasteiger partial charge on any atom is -0.332 e. The first-order chi connectivity index (χ1) is 11.6. The molecular formula is C17H14Cl2N4S. The monoisotopic (exact) mass is 376 g/mol. The highest BCUT2D eigenvalue weighted by Crippen LogP contribution is 2.29. The number of benzene rings is 2. The van der Waals surface area contributed by atoms with Gasteiger partial charge in [-0.15, -0.1) is 0 Å². The third-order valence-corrected chi connectivity index (χ3v) is 4.31. The molecule has 0 aliphatic carbocycles. The summed E-state index contributed by atoms with van der Waals surface area (Å²) in [7, 11) is 0. The molecule has 0 saturated carbocycles. The van der Waals surface area contributed by atoms with Gasteiger partial charge in [-0.25, -0.2) is 0 Å². The number of nitrogens with zero attached hydrogens (tertiary/aromatic N) is 2. The zero-order chi connectivity index (χ0) is 16.9. The van der Waals surface area contributed by atoms with Gasteiger partial charge in [0.25, 0.3) is 0 Å². The smallest absolute Gasteiger partial charge is 0.175 e. The molecule has 24 heavy (non-hydrogen) atoms. The lowest BCUT2D eigenvalue weighted by atomic mass is 10.2. The molecule has 0 atom stereocenters. The molecule has 0 aliphatic rings. The fourth-order valence-corrected chi connectivity index (χ4v) is 2.79. The van der Waals surface area contributed by atoms with Gasteiger partial charge < -0.3 is 10.6 Å². The van der Waals surface area contributed by atoms with Crippen LogP contribution in [-0.4, -0.2) is 14.9 Å². The van der Waals surface area contributed by atoms with E-state index in [2.05, 4.69) is 15.7 Å². The third kappa shape index (κ3) is 4.26. The number of aromatic nitrogens is 2. The van der Waals surface area contributed by atoms with Crippen LogP contribution in [0.15, 0.2) is 60.9 Å². The Labute approximate surface area is 155 Å². The van der Waals surface area contributed by atoms with Gasteiger partial charge in [0.05, 0.1) is 22.3 Å². The first-order valence-electron chi connectivity index (χ1n) is 7.20. The number of thiocarbonyl (C=S) groups is 1. The number of rotatable bonds is 4. The van der Waals surface area contributed by atoms with Gasteiger partial charge >= 0.3 is 0 Å². The molecule has 0 fully saturated rings. The van der Waals surface area contributed by atoms with Crippen LogP contribution in [-0.2, 0) is 6.54 Å². The zero-order valence-electron chi connectivity index (χ0n) is 12.5. The van der Waals surface area contributed by atoms with Gasteiger partial charge in [-0.1, -0.05) is 41.4 Å². The Morgan fingerprint density at radius 2 is 1.92 bits per heavy atom. The minimum absolute atomic E-state index is 0.440. The zero-order valence-corrected chi connectivity index (χ0v) is 14.9. The molecule has 2 N–H and O–H groups in total. The summed E-state index contributed by atoms with van der Waals surface area (Å²) in [6.45, 7) is 0.697. The lowest BCUT2D eigenvalue weighted by molar-refractivity contribution is 0.687. The lowest BCUT2D eigenvalue weighted by Gasteiger charge is -2.13. The second-order valence-electron chi connectivity index (χ2n) is 5.08. The van der Waals surface area contributed by atoms with Crippen molar-refractivity contribution in [1.29, 1.82) is 0 Å². The maximum Gasteiger partial charge on any atom is 0.175 e. The number of hydrogen-bond donors (Lipinski definition) is 2. The Hall–Kier alpha value is -2.08. The standard InChI is InChI=1S/C17H14Cl2N4S/c18-14-6-2-7-15(16(14)19)22-17(24)21-13-5-1-4-12(10-13)11-23-9-3-8-20-23/h1-10H,11H2,(H2,21,22,24). The van der Waals surface area contributed by atoms with Crippen LogP contribution in [0, 0.1) is 0 Å². The summed E-state index contributed by atoms with van der Waals surface area (Å²) >= 11 is 17.5. The summed E-state index contributed by atoms with van der Waals surface area (Å²) in [6, 6.07) is 15.2. The molecule has 0 bridgehead atoms. The van der Waals surface area contributed by atoms with Crippen molar-refractivity contribution in [2.75, 3.05) is 10.6 Å². The summed E-state index contributed by atoms with van der Waals surface area (Å²) in [5.74, 6) is 0. The van der Waals surface area contributed by atoms with Crippen LogP contribution in [0.2, 0.25) is 10.0 Å². The van der Waals surface area contributed by atoms with Crippen LogP contribution < -0.4 is 10.6 Å². The van der Waals surface area contributed by atoms with Gasteiger partial charge in [0.2, 0.25) is 0 Å². The highest BCUT2D eigenvalue weighted by atomic mass is 35.5. The van der Waals surface area contributed by atoms with E-state index < -0.39 is 0 Å². The Kier molecular flexibility index (Phi) is 5.35. The van der Waals surface area contributed by atoms with Gasteiger partial charge in [0, 0.05) is 18.1 Å². The Balaban J connectivity index is 1.67. The molecule has 122 valence electrons. The van der Waals surface area contributed by atoms with Gasteiger partial charge in [-0.2, -0.15) is 5.10 Å². The van der Waals surface area contributed by atoms with Crippen LogP contribution in [0.4, 0.5) is 11.4 Å². The Morgan fingerprint density at radius 3 is 2.71 bits per heavy atom. The van der Waals surface area contributed by atoms with Crippen molar-refractivity contribution in [3.05, 3.63) is 76.5 Å². The second-order valence-corrected chi connectivity index (χ2v) is 6.28. The maximum absolute atomic E-state index is 6.15. The molecule has 0 radical (unpaired) electrons. The Bertz CT molecular complexity index is 850. The molecule has 1 heterocycles. The third-order valence-electron chi connectivity index (χ3n) is 3.29. The van der Waals surface area contributed by atoms with E-state index in [1.165, 1.54) is 0 Å². The molecule has 0 saturated heterocycles. The summed E-state index contributed by atoms with van der Waals surface area (Å²) < 4.78 is 1.86. The minimum atomic E-state index is 0.440. The number of anilines is 2. The van der Waals surface area contributed by atoms with Gasteiger partial charge in [0.15, 0.2) is 5.11 Å². The van der Waals surface area contributed by atoms with Crippen LogP contribution in [0.5, 0.6) is 0 Å². The SMILES string of the molecule is S=C(Nc1cccc(Cn2cccn2)c1)Nc1cccc(Cl)c1Cl.